The van der Waals surface area contributed by atoms with E-state index in [0.29, 0.717) is 25.0 Å². The first-order chi connectivity index (χ1) is 15.4. The lowest BCUT2D eigenvalue weighted by Crippen LogP contribution is -2.69. The minimum Gasteiger partial charge on any atom is -0.450 e. The molecule has 0 saturated heterocycles. The number of aliphatic hydroxyl groups is 1. The van der Waals surface area contributed by atoms with Gasteiger partial charge in [-0.1, -0.05) is 25.5 Å². The van der Waals surface area contributed by atoms with E-state index in [9.17, 15) is 19.5 Å². The molecular formula is C26H35FO5S. The Labute approximate surface area is 199 Å². The fraction of sp³-hybridized carbons (Fsp3) is 0.731. The van der Waals surface area contributed by atoms with Crippen LogP contribution in [0, 0.1) is 28.6 Å². The molecule has 3 saturated carbocycles. The Bertz CT molecular complexity index is 945. The van der Waals surface area contributed by atoms with Gasteiger partial charge in [-0.2, -0.15) is 11.8 Å². The molecule has 8 atom stereocenters. The molecule has 0 spiro atoms. The Kier molecular flexibility index (Phi) is 6.01. The van der Waals surface area contributed by atoms with E-state index in [-0.39, 0.29) is 36.2 Å². The van der Waals surface area contributed by atoms with Gasteiger partial charge in [0.05, 0.1) is 12.5 Å². The normalized spacial score (nSPS) is 46.2. The molecule has 4 aliphatic rings. The molecule has 0 aromatic heterocycles. The van der Waals surface area contributed by atoms with Gasteiger partial charge in [0.1, 0.15) is 0 Å². The van der Waals surface area contributed by atoms with Gasteiger partial charge in [-0.15, -0.1) is 0 Å². The maximum Gasteiger partial charge on any atom is 0.307 e. The van der Waals surface area contributed by atoms with Gasteiger partial charge in [0.2, 0.25) is 0 Å². The Morgan fingerprint density at radius 3 is 2.64 bits per heavy atom. The van der Waals surface area contributed by atoms with Crippen LogP contribution in [0.25, 0.3) is 0 Å². The van der Waals surface area contributed by atoms with Crippen molar-refractivity contribution in [2.75, 3.05) is 12.0 Å². The fourth-order valence-corrected chi connectivity index (χ4v) is 8.36. The van der Waals surface area contributed by atoms with Crippen LogP contribution in [-0.2, 0) is 19.1 Å². The second-order valence-corrected chi connectivity index (χ2v) is 11.9. The molecule has 0 heterocycles. The van der Waals surface area contributed by atoms with E-state index in [2.05, 4.69) is 0 Å². The summed E-state index contributed by atoms with van der Waals surface area (Å²) < 4.78 is 23.3. The second-order valence-electron chi connectivity index (χ2n) is 10.9. The lowest BCUT2D eigenvalue weighted by Gasteiger charge is -2.62. The summed E-state index contributed by atoms with van der Waals surface area (Å²) in [5.74, 6) is -1.25. The van der Waals surface area contributed by atoms with Gasteiger partial charge in [0, 0.05) is 28.4 Å². The molecule has 0 amide bonds. The van der Waals surface area contributed by atoms with Crippen molar-refractivity contribution < 1.29 is 28.6 Å². The highest BCUT2D eigenvalue weighted by Gasteiger charge is 2.76. The van der Waals surface area contributed by atoms with Crippen LogP contribution >= 0.6 is 11.8 Å². The number of halogens is 1. The van der Waals surface area contributed by atoms with Gasteiger partial charge >= 0.3 is 5.97 Å². The van der Waals surface area contributed by atoms with Gasteiger partial charge in [0.25, 0.3) is 0 Å². The summed E-state index contributed by atoms with van der Waals surface area (Å²) in [5.41, 5.74) is -4.58. The number of alkyl halides is 1. The monoisotopic (exact) mass is 478 g/mol. The van der Waals surface area contributed by atoms with Gasteiger partial charge in [-0.25, -0.2) is 4.39 Å². The number of hydrogen-bond donors (Lipinski definition) is 1. The zero-order chi connectivity index (χ0) is 24.4. The smallest absolute Gasteiger partial charge is 0.307 e. The van der Waals surface area contributed by atoms with Crippen molar-refractivity contribution >= 4 is 29.3 Å². The standard InChI is InChI=1S/C26H35FO5S/c1-15-12-20-19-7-6-17-13-18(29)8-10-23(17,3)25(19,27)21(30)14-24(20,4)26(15,16(2)28)32-22(31)9-11-33-5/h8,10,13,15,19-21,30H,6-7,9,11-12,14H2,1-5H3/t15-,19+,20+,21+,23+,24+,25+,26+/m1/s1. The lowest BCUT2D eigenvalue weighted by atomic mass is 9.44. The molecule has 0 unspecified atom stereocenters. The molecular weight excluding hydrogens is 443 g/mol. The summed E-state index contributed by atoms with van der Waals surface area (Å²) >= 11 is 1.53. The number of rotatable bonds is 5. The van der Waals surface area contributed by atoms with E-state index in [1.54, 1.807) is 13.0 Å². The maximum absolute atomic E-state index is 17.2. The van der Waals surface area contributed by atoms with Crippen molar-refractivity contribution in [3.8, 4) is 0 Å². The number of allylic oxidation sites excluding steroid dienone is 4. The molecule has 0 bridgehead atoms. The first-order valence-corrected chi connectivity index (χ1v) is 13.3. The van der Waals surface area contributed by atoms with E-state index in [0.717, 1.165) is 5.57 Å². The van der Waals surface area contributed by atoms with Crippen LogP contribution in [0.2, 0.25) is 0 Å². The van der Waals surface area contributed by atoms with E-state index in [1.807, 2.05) is 20.1 Å². The molecule has 4 aliphatic carbocycles. The van der Waals surface area contributed by atoms with Gasteiger partial charge in [-0.05, 0) is 63.9 Å². The molecule has 7 heteroatoms. The SMILES string of the molecule is CSCCC(=O)O[C@]1(C(C)=O)[C@H](C)C[C@H]2[C@@H]3CCC4=CC(=O)C=C[C@]4(C)[C@@]3(F)[C@@H](O)C[C@@]21C. The summed E-state index contributed by atoms with van der Waals surface area (Å²) in [6, 6.07) is 0. The fourth-order valence-electron chi connectivity index (χ4n) is 7.99. The van der Waals surface area contributed by atoms with Gasteiger partial charge < -0.3 is 9.84 Å². The number of ketones is 2. The van der Waals surface area contributed by atoms with Crippen LogP contribution in [0.3, 0.4) is 0 Å². The number of hydrogen-bond acceptors (Lipinski definition) is 6. The van der Waals surface area contributed by atoms with E-state index >= 15 is 4.39 Å². The second kappa shape index (κ2) is 8.04. The molecule has 5 nitrogen and oxygen atoms in total. The highest BCUT2D eigenvalue weighted by atomic mass is 32.2. The average Bonchev–Trinajstić information content (AvgIpc) is 2.96. The molecule has 182 valence electrons. The number of thioether (sulfide) groups is 1. The van der Waals surface area contributed by atoms with Crippen molar-refractivity contribution in [3.05, 3.63) is 23.8 Å². The maximum atomic E-state index is 17.2. The molecule has 0 radical (unpaired) electrons. The van der Waals surface area contributed by atoms with E-state index in [4.69, 9.17) is 4.74 Å². The Hall–Kier alpha value is -1.47. The van der Waals surface area contributed by atoms with Crippen molar-refractivity contribution in [2.45, 2.75) is 77.2 Å². The first kappa shape index (κ1) is 24.6. The highest BCUT2D eigenvalue weighted by molar-refractivity contribution is 7.98. The summed E-state index contributed by atoms with van der Waals surface area (Å²) in [5, 5.41) is 11.4. The third-order valence-electron chi connectivity index (χ3n) is 9.49. The Morgan fingerprint density at radius 1 is 1.30 bits per heavy atom. The Morgan fingerprint density at radius 2 is 2.00 bits per heavy atom. The quantitative estimate of drug-likeness (QED) is 0.596. The number of aliphatic hydroxyl groups excluding tert-OH is 1. The lowest BCUT2D eigenvalue weighted by molar-refractivity contribution is -0.227. The van der Waals surface area contributed by atoms with Gasteiger partial charge in [0.15, 0.2) is 22.8 Å². The number of carbonyl (C=O) groups excluding carboxylic acids is 3. The Balaban J connectivity index is 1.78. The van der Waals surface area contributed by atoms with Crippen LogP contribution in [-0.4, -0.2) is 52.0 Å². The molecule has 33 heavy (non-hydrogen) atoms. The first-order valence-electron chi connectivity index (χ1n) is 11.9. The van der Waals surface area contributed by atoms with Crippen LogP contribution in [0.5, 0.6) is 0 Å². The highest BCUT2D eigenvalue weighted by Crippen LogP contribution is 2.71. The topological polar surface area (TPSA) is 80.7 Å². The average molecular weight is 479 g/mol. The number of ether oxygens (including phenoxy) is 1. The van der Waals surface area contributed by atoms with Crippen molar-refractivity contribution in [3.63, 3.8) is 0 Å². The van der Waals surface area contributed by atoms with E-state index in [1.165, 1.54) is 30.8 Å². The molecule has 0 aliphatic heterocycles. The number of Topliss-reactive ketones (excluding diaryl/α,β-unsaturated/α-hetero) is 1. The largest absolute Gasteiger partial charge is 0.450 e. The zero-order valence-corrected chi connectivity index (χ0v) is 21.0. The van der Waals surface area contributed by atoms with Crippen LogP contribution in [0.15, 0.2) is 23.8 Å². The molecule has 0 aromatic carbocycles. The molecule has 1 N–H and O–H groups in total. The molecule has 4 rings (SSSR count). The summed E-state index contributed by atoms with van der Waals surface area (Å²) in [6.45, 7) is 7.04. The predicted octanol–water partition coefficient (Wildman–Crippen LogP) is 4.23. The van der Waals surface area contributed by atoms with Crippen LogP contribution in [0.1, 0.15) is 59.8 Å². The van der Waals surface area contributed by atoms with Crippen LogP contribution in [0.4, 0.5) is 4.39 Å². The summed E-state index contributed by atoms with van der Waals surface area (Å²) in [6.07, 6.45) is 6.92. The van der Waals surface area contributed by atoms with Gasteiger partial charge in [-0.3, -0.25) is 14.4 Å². The van der Waals surface area contributed by atoms with Crippen molar-refractivity contribution in [1.82, 2.24) is 0 Å². The minimum atomic E-state index is -1.96. The molecule has 0 aromatic rings. The molecule has 3 fully saturated rings. The zero-order valence-electron chi connectivity index (χ0n) is 20.2. The third kappa shape index (κ3) is 3.10. The number of esters is 1. The summed E-state index contributed by atoms with van der Waals surface area (Å²) in [4.78, 5) is 37.9. The predicted molar refractivity (Wildman–Crippen MR) is 125 cm³/mol. The summed E-state index contributed by atoms with van der Waals surface area (Å²) in [7, 11) is 0. The number of carbonyl (C=O) groups is 3. The third-order valence-corrected chi connectivity index (χ3v) is 10.1. The van der Waals surface area contributed by atoms with Crippen molar-refractivity contribution in [1.29, 1.82) is 0 Å². The van der Waals surface area contributed by atoms with E-state index < -0.39 is 40.1 Å². The minimum absolute atomic E-state index is 0.0229. The number of fused-ring (bicyclic) bond motifs is 5. The van der Waals surface area contributed by atoms with Crippen molar-refractivity contribution in [2.24, 2.45) is 28.6 Å². The van der Waals surface area contributed by atoms with Crippen LogP contribution < -0.4 is 0 Å².